The number of halogens is 2. The van der Waals surface area contributed by atoms with Gasteiger partial charge in [0.1, 0.15) is 5.78 Å². The van der Waals surface area contributed by atoms with Gasteiger partial charge >= 0.3 is 0 Å². The van der Waals surface area contributed by atoms with Gasteiger partial charge in [0.25, 0.3) is 0 Å². The summed E-state index contributed by atoms with van der Waals surface area (Å²) in [6.07, 6.45) is 0.367. The van der Waals surface area contributed by atoms with Gasteiger partial charge in [-0.2, -0.15) is 0 Å². The summed E-state index contributed by atoms with van der Waals surface area (Å²) in [5, 5.41) is 0.856. The van der Waals surface area contributed by atoms with Gasteiger partial charge in [0.2, 0.25) is 5.91 Å². The predicted octanol–water partition coefficient (Wildman–Crippen LogP) is 2.69. The van der Waals surface area contributed by atoms with Gasteiger partial charge in [-0.3, -0.25) is 9.59 Å². The Bertz CT molecular complexity index is 459. The Labute approximate surface area is 103 Å². The van der Waals surface area contributed by atoms with E-state index < -0.39 is 0 Å². The Morgan fingerprint density at radius 2 is 1.88 bits per heavy atom. The molecule has 0 aromatic heterocycles. The van der Waals surface area contributed by atoms with Crippen molar-refractivity contribution in [2.24, 2.45) is 0 Å². The molecule has 0 bridgehead atoms. The molecule has 16 heavy (non-hydrogen) atoms. The van der Waals surface area contributed by atoms with Gasteiger partial charge in [0.15, 0.2) is 0 Å². The molecule has 1 fully saturated rings. The van der Waals surface area contributed by atoms with E-state index >= 15 is 0 Å². The first-order chi connectivity index (χ1) is 7.58. The quantitative estimate of drug-likeness (QED) is 0.726. The van der Waals surface area contributed by atoms with E-state index in [2.05, 4.69) is 0 Å². The number of ketones is 1. The summed E-state index contributed by atoms with van der Waals surface area (Å²) in [7, 11) is 0. The van der Waals surface area contributed by atoms with Crippen LogP contribution in [0.5, 0.6) is 0 Å². The molecule has 1 amide bonds. The predicted molar refractivity (Wildman–Crippen MR) is 63.1 cm³/mol. The van der Waals surface area contributed by atoms with Crippen LogP contribution < -0.4 is 4.90 Å². The third kappa shape index (κ3) is 2.20. The van der Waals surface area contributed by atoms with Crippen LogP contribution in [0, 0.1) is 0 Å². The lowest BCUT2D eigenvalue weighted by Gasteiger charge is -2.26. The molecule has 0 unspecified atom stereocenters. The second-order valence-corrected chi connectivity index (χ2v) is 4.42. The number of hydrogen-bond acceptors (Lipinski definition) is 2. The Hall–Kier alpha value is -1.06. The lowest BCUT2D eigenvalue weighted by molar-refractivity contribution is -0.128. The van der Waals surface area contributed by atoms with Gasteiger partial charge in [-0.15, -0.1) is 0 Å². The van der Waals surface area contributed by atoms with E-state index in [4.69, 9.17) is 23.2 Å². The van der Waals surface area contributed by atoms with Gasteiger partial charge in [-0.05, 0) is 18.2 Å². The van der Waals surface area contributed by atoms with Crippen molar-refractivity contribution in [3.63, 3.8) is 0 Å². The van der Waals surface area contributed by atoms with E-state index in [1.165, 1.54) is 0 Å². The number of benzene rings is 1. The van der Waals surface area contributed by atoms with Crippen molar-refractivity contribution >= 4 is 40.6 Å². The third-order valence-electron chi connectivity index (χ3n) is 2.48. The molecule has 0 saturated carbocycles. The number of Topliss-reactive ketones (excluding diaryl/α,β-unsaturated/α-hetero) is 1. The number of carbonyl (C=O) groups is 2. The van der Waals surface area contributed by atoms with Crippen molar-refractivity contribution in [2.45, 2.75) is 12.8 Å². The minimum Gasteiger partial charge on any atom is -0.312 e. The van der Waals surface area contributed by atoms with E-state index in [0.717, 1.165) is 0 Å². The molecule has 1 aliphatic rings. The normalized spacial score (nSPS) is 16.8. The van der Waals surface area contributed by atoms with Crippen LogP contribution in [-0.4, -0.2) is 18.2 Å². The Morgan fingerprint density at radius 1 is 1.12 bits per heavy atom. The number of anilines is 1. The molecule has 1 heterocycles. The minimum absolute atomic E-state index is 0.0127. The van der Waals surface area contributed by atoms with Gasteiger partial charge < -0.3 is 4.90 Å². The topological polar surface area (TPSA) is 37.4 Å². The lowest BCUT2D eigenvalue weighted by atomic mass is 10.1. The van der Waals surface area contributed by atoms with Crippen LogP contribution in [0.15, 0.2) is 18.2 Å². The number of nitrogens with zero attached hydrogens (tertiary/aromatic N) is 1. The largest absolute Gasteiger partial charge is 0.312 e. The molecule has 1 aliphatic heterocycles. The molecular weight excluding hydrogens is 249 g/mol. The first-order valence-electron chi connectivity index (χ1n) is 4.85. The Kier molecular flexibility index (Phi) is 3.17. The zero-order chi connectivity index (χ0) is 11.7. The van der Waals surface area contributed by atoms with Crippen LogP contribution in [0.4, 0.5) is 5.69 Å². The van der Waals surface area contributed by atoms with E-state index in [1.807, 2.05) is 0 Å². The van der Waals surface area contributed by atoms with Crippen molar-refractivity contribution in [3.8, 4) is 0 Å². The zero-order valence-electron chi connectivity index (χ0n) is 8.37. The highest BCUT2D eigenvalue weighted by molar-refractivity contribution is 6.42. The fraction of sp³-hybridized carbons (Fsp3) is 0.273. The van der Waals surface area contributed by atoms with Crippen LogP contribution >= 0.6 is 23.2 Å². The van der Waals surface area contributed by atoms with Crippen molar-refractivity contribution < 1.29 is 9.59 Å². The Balaban J connectivity index is 2.27. The van der Waals surface area contributed by atoms with Crippen LogP contribution in [0.2, 0.25) is 10.0 Å². The highest BCUT2D eigenvalue weighted by Crippen LogP contribution is 2.28. The Morgan fingerprint density at radius 3 is 2.50 bits per heavy atom. The van der Waals surface area contributed by atoms with Crippen molar-refractivity contribution in [3.05, 3.63) is 28.2 Å². The first-order valence-corrected chi connectivity index (χ1v) is 5.60. The van der Waals surface area contributed by atoms with E-state index in [1.54, 1.807) is 23.1 Å². The molecule has 0 N–H and O–H groups in total. The summed E-state index contributed by atoms with van der Waals surface area (Å²) in [4.78, 5) is 24.3. The molecule has 0 atom stereocenters. The number of piperidine rings is 1. The van der Waals surface area contributed by atoms with Gasteiger partial charge in [0, 0.05) is 18.7 Å². The number of rotatable bonds is 1. The molecule has 0 aliphatic carbocycles. The molecule has 1 saturated heterocycles. The number of amides is 1. The second-order valence-electron chi connectivity index (χ2n) is 3.61. The first kappa shape index (κ1) is 11.4. The third-order valence-corrected chi connectivity index (χ3v) is 3.22. The highest BCUT2D eigenvalue weighted by Gasteiger charge is 2.24. The molecule has 0 spiro atoms. The molecule has 2 rings (SSSR count). The molecule has 84 valence electrons. The minimum atomic E-state index is -0.186. The molecule has 3 nitrogen and oxygen atoms in total. The molecular formula is C11H9Cl2NO2. The summed E-state index contributed by atoms with van der Waals surface area (Å²) in [5.41, 5.74) is 0.687. The van der Waals surface area contributed by atoms with Crippen molar-refractivity contribution in [1.29, 1.82) is 0 Å². The summed E-state index contributed by atoms with van der Waals surface area (Å²) in [5.74, 6) is -0.198. The number of hydrogen-bond donors (Lipinski definition) is 0. The van der Waals surface area contributed by atoms with Gasteiger partial charge in [0.05, 0.1) is 16.5 Å². The van der Waals surface area contributed by atoms with Crippen LogP contribution in [-0.2, 0) is 9.59 Å². The molecule has 0 radical (unpaired) electrons. The van der Waals surface area contributed by atoms with Gasteiger partial charge in [-0.25, -0.2) is 0 Å². The molecule has 1 aromatic carbocycles. The fourth-order valence-electron chi connectivity index (χ4n) is 1.64. The standard InChI is InChI=1S/C11H9Cl2NO2/c12-9-2-1-7(5-10(9)13)14-4-3-8(15)6-11(14)16/h1-2,5H,3-4,6H2. The van der Waals surface area contributed by atoms with Crippen molar-refractivity contribution in [2.75, 3.05) is 11.4 Å². The van der Waals surface area contributed by atoms with E-state index in [-0.39, 0.29) is 18.1 Å². The average Bonchev–Trinajstić information content (AvgIpc) is 2.22. The fourth-order valence-corrected chi connectivity index (χ4v) is 1.93. The van der Waals surface area contributed by atoms with Crippen LogP contribution in [0.3, 0.4) is 0 Å². The van der Waals surface area contributed by atoms with Crippen LogP contribution in [0.25, 0.3) is 0 Å². The van der Waals surface area contributed by atoms with E-state index in [9.17, 15) is 9.59 Å². The molecule has 1 aromatic rings. The monoisotopic (exact) mass is 257 g/mol. The van der Waals surface area contributed by atoms with Crippen molar-refractivity contribution in [1.82, 2.24) is 0 Å². The molecule has 5 heteroatoms. The zero-order valence-corrected chi connectivity index (χ0v) is 9.88. The maximum Gasteiger partial charge on any atom is 0.234 e. The lowest BCUT2D eigenvalue weighted by Crippen LogP contribution is -2.39. The summed E-state index contributed by atoms with van der Waals surface area (Å²) >= 11 is 11.7. The average molecular weight is 258 g/mol. The summed E-state index contributed by atoms with van der Waals surface area (Å²) in [6, 6.07) is 5.00. The van der Waals surface area contributed by atoms with E-state index in [0.29, 0.717) is 28.7 Å². The summed E-state index contributed by atoms with van der Waals surface area (Å²) in [6.45, 7) is 0.412. The smallest absolute Gasteiger partial charge is 0.234 e. The SMILES string of the molecule is O=C1CCN(c2ccc(Cl)c(Cl)c2)C(=O)C1. The highest BCUT2D eigenvalue weighted by atomic mass is 35.5. The summed E-state index contributed by atoms with van der Waals surface area (Å²) < 4.78 is 0. The number of carbonyl (C=O) groups excluding carboxylic acids is 2. The van der Waals surface area contributed by atoms with Gasteiger partial charge in [-0.1, -0.05) is 23.2 Å². The maximum absolute atomic E-state index is 11.6. The second kappa shape index (κ2) is 4.44. The maximum atomic E-state index is 11.6. The van der Waals surface area contributed by atoms with Crippen LogP contribution in [0.1, 0.15) is 12.8 Å².